The van der Waals surface area contributed by atoms with Crippen molar-refractivity contribution in [1.29, 1.82) is 0 Å². The number of hydrogen-bond acceptors (Lipinski definition) is 2. The Balaban J connectivity index is 1.54. The Morgan fingerprint density at radius 3 is 2.50 bits per heavy atom. The lowest BCUT2D eigenvalue weighted by Gasteiger charge is -2.16. The van der Waals surface area contributed by atoms with Crippen LogP contribution >= 0.6 is 15.9 Å². The van der Waals surface area contributed by atoms with E-state index in [1.54, 1.807) is 0 Å². The van der Waals surface area contributed by atoms with Gasteiger partial charge < -0.3 is 4.74 Å². The lowest BCUT2D eigenvalue weighted by Crippen LogP contribution is -2.08. The van der Waals surface area contributed by atoms with Crippen molar-refractivity contribution in [2.45, 2.75) is 32.1 Å². The van der Waals surface area contributed by atoms with Gasteiger partial charge in [0.05, 0.1) is 6.61 Å². The van der Waals surface area contributed by atoms with Gasteiger partial charge in [-0.05, 0) is 61.1 Å². The van der Waals surface area contributed by atoms with Gasteiger partial charge in [0, 0.05) is 16.5 Å². The largest absolute Gasteiger partial charge is 0.493 e. The molecule has 1 aliphatic rings. The predicted octanol–water partition coefficient (Wildman–Crippen LogP) is 4.98. The van der Waals surface area contributed by atoms with Crippen molar-refractivity contribution in [3.8, 4) is 5.75 Å². The van der Waals surface area contributed by atoms with Crippen molar-refractivity contribution in [2.75, 3.05) is 6.61 Å². The highest BCUT2D eigenvalue weighted by molar-refractivity contribution is 9.10. The van der Waals surface area contributed by atoms with E-state index in [1.807, 2.05) is 30.3 Å². The van der Waals surface area contributed by atoms with E-state index in [1.165, 1.54) is 30.4 Å². The molecule has 2 nitrogen and oxygen atoms in total. The van der Waals surface area contributed by atoms with Gasteiger partial charge in [0.1, 0.15) is 5.75 Å². The Morgan fingerprint density at radius 2 is 1.73 bits per heavy atom. The Morgan fingerprint density at radius 1 is 1.00 bits per heavy atom. The lowest BCUT2D eigenvalue weighted by molar-refractivity contribution is 0.0962. The van der Waals surface area contributed by atoms with Crippen molar-refractivity contribution in [1.82, 2.24) is 0 Å². The second kappa shape index (κ2) is 7.10. The molecular weight excluding hydrogens is 340 g/mol. The SMILES string of the molecule is O=C(CCOc1ccc2c(c1)CCCC2)c1ccc(Br)cc1. The number of ether oxygens (including phenoxy) is 1. The number of halogens is 1. The predicted molar refractivity (Wildman–Crippen MR) is 91.7 cm³/mol. The topological polar surface area (TPSA) is 26.3 Å². The molecular formula is C19H19BrO2. The molecule has 0 spiro atoms. The Bertz CT molecular complexity index is 662. The molecule has 0 aliphatic heterocycles. The normalized spacial score (nSPS) is 13.5. The van der Waals surface area contributed by atoms with Gasteiger partial charge in [0.15, 0.2) is 5.78 Å². The van der Waals surface area contributed by atoms with Gasteiger partial charge in [-0.15, -0.1) is 0 Å². The number of carbonyl (C=O) groups excluding carboxylic acids is 1. The van der Waals surface area contributed by atoms with Gasteiger partial charge in [0.2, 0.25) is 0 Å². The average Bonchev–Trinajstić information content (AvgIpc) is 2.55. The third-order valence-electron chi connectivity index (χ3n) is 4.08. The van der Waals surface area contributed by atoms with Crippen molar-refractivity contribution in [2.24, 2.45) is 0 Å². The summed E-state index contributed by atoms with van der Waals surface area (Å²) in [6.45, 7) is 0.424. The molecule has 0 heterocycles. The summed E-state index contributed by atoms with van der Waals surface area (Å²) in [7, 11) is 0. The molecule has 0 amide bonds. The van der Waals surface area contributed by atoms with E-state index in [0.717, 1.165) is 22.2 Å². The van der Waals surface area contributed by atoms with Crippen molar-refractivity contribution in [3.05, 3.63) is 63.6 Å². The Kier molecular flexibility index (Phi) is 4.94. The molecule has 0 atom stereocenters. The summed E-state index contributed by atoms with van der Waals surface area (Å²) in [6, 6.07) is 13.8. The van der Waals surface area contributed by atoms with Crippen LogP contribution in [0.3, 0.4) is 0 Å². The van der Waals surface area contributed by atoms with Gasteiger partial charge >= 0.3 is 0 Å². The lowest BCUT2D eigenvalue weighted by atomic mass is 9.92. The number of aryl methyl sites for hydroxylation is 2. The minimum absolute atomic E-state index is 0.116. The molecule has 3 heteroatoms. The van der Waals surface area contributed by atoms with Gasteiger partial charge in [0.25, 0.3) is 0 Å². The van der Waals surface area contributed by atoms with Crippen LogP contribution in [0.5, 0.6) is 5.75 Å². The molecule has 0 aromatic heterocycles. The van der Waals surface area contributed by atoms with E-state index in [4.69, 9.17) is 4.74 Å². The molecule has 1 aliphatic carbocycles. The van der Waals surface area contributed by atoms with Crippen molar-refractivity contribution >= 4 is 21.7 Å². The first kappa shape index (κ1) is 15.3. The number of hydrogen-bond donors (Lipinski definition) is 0. The maximum Gasteiger partial charge on any atom is 0.166 e. The van der Waals surface area contributed by atoms with Gasteiger partial charge in [-0.2, -0.15) is 0 Å². The van der Waals surface area contributed by atoms with E-state index in [0.29, 0.717) is 13.0 Å². The summed E-state index contributed by atoms with van der Waals surface area (Å²) in [5, 5.41) is 0. The van der Waals surface area contributed by atoms with Crippen LogP contribution in [0.1, 0.15) is 40.7 Å². The fourth-order valence-corrected chi connectivity index (χ4v) is 3.11. The standard InChI is InChI=1S/C19H19BrO2/c20-17-8-5-15(6-9-17)19(21)11-12-22-18-10-7-14-3-1-2-4-16(14)13-18/h5-10,13H,1-4,11-12H2. The van der Waals surface area contributed by atoms with Crippen molar-refractivity contribution in [3.63, 3.8) is 0 Å². The maximum absolute atomic E-state index is 12.1. The van der Waals surface area contributed by atoms with E-state index < -0.39 is 0 Å². The van der Waals surface area contributed by atoms with E-state index in [9.17, 15) is 4.79 Å². The summed E-state index contributed by atoms with van der Waals surface area (Å²) in [5.41, 5.74) is 3.59. The first-order valence-corrected chi connectivity index (χ1v) is 8.55. The second-order valence-electron chi connectivity index (χ2n) is 5.67. The average molecular weight is 359 g/mol. The van der Waals surface area contributed by atoms with Gasteiger partial charge in [-0.3, -0.25) is 4.79 Å². The number of carbonyl (C=O) groups is 1. The summed E-state index contributed by atoms with van der Waals surface area (Å²) in [5.74, 6) is 0.995. The van der Waals surface area contributed by atoms with E-state index >= 15 is 0 Å². The zero-order valence-corrected chi connectivity index (χ0v) is 14.1. The number of rotatable bonds is 5. The molecule has 2 aromatic carbocycles. The summed E-state index contributed by atoms with van der Waals surface area (Å²) in [6.07, 6.45) is 5.27. The Labute approximate surface area is 139 Å². The van der Waals surface area contributed by atoms with Crippen LogP contribution in [0.25, 0.3) is 0 Å². The number of fused-ring (bicyclic) bond motifs is 1. The molecule has 2 aromatic rings. The quantitative estimate of drug-likeness (QED) is 0.704. The minimum atomic E-state index is 0.116. The highest BCUT2D eigenvalue weighted by Gasteiger charge is 2.10. The smallest absolute Gasteiger partial charge is 0.166 e. The van der Waals surface area contributed by atoms with Crippen LogP contribution in [-0.4, -0.2) is 12.4 Å². The zero-order valence-electron chi connectivity index (χ0n) is 12.5. The van der Waals surface area contributed by atoms with E-state index in [2.05, 4.69) is 28.1 Å². The maximum atomic E-state index is 12.1. The number of benzene rings is 2. The van der Waals surface area contributed by atoms with Crippen LogP contribution in [-0.2, 0) is 12.8 Å². The van der Waals surface area contributed by atoms with Crippen molar-refractivity contribution < 1.29 is 9.53 Å². The monoisotopic (exact) mass is 358 g/mol. The van der Waals surface area contributed by atoms with Crippen LogP contribution in [0.2, 0.25) is 0 Å². The molecule has 0 saturated heterocycles. The molecule has 0 unspecified atom stereocenters. The first-order valence-electron chi connectivity index (χ1n) is 7.76. The van der Waals surface area contributed by atoms with Gasteiger partial charge in [-0.1, -0.05) is 34.1 Å². The number of ketones is 1. The minimum Gasteiger partial charge on any atom is -0.493 e. The zero-order chi connectivity index (χ0) is 15.4. The second-order valence-corrected chi connectivity index (χ2v) is 6.58. The summed E-state index contributed by atoms with van der Waals surface area (Å²) >= 11 is 3.37. The van der Waals surface area contributed by atoms with Gasteiger partial charge in [-0.25, -0.2) is 0 Å². The molecule has 0 N–H and O–H groups in total. The Hall–Kier alpha value is -1.61. The fraction of sp³-hybridized carbons (Fsp3) is 0.316. The molecule has 3 rings (SSSR count). The third kappa shape index (κ3) is 3.77. The highest BCUT2D eigenvalue weighted by atomic mass is 79.9. The fourth-order valence-electron chi connectivity index (χ4n) is 2.84. The molecule has 114 valence electrons. The molecule has 0 radical (unpaired) electrons. The van der Waals surface area contributed by atoms with Crippen LogP contribution in [0, 0.1) is 0 Å². The summed E-state index contributed by atoms with van der Waals surface area (Å²) < 4.78 is 6.74. The van der Waals surface area contributed by atoms with Crippen LogP contribution in [0.4, 0.5) is 0 Å². The molecule has 0 saturated carbocycles. The number of Topliss-reactive ketones (excluding diaryl/α,β-unsaturated/α-hetero) is 1. The molecule has 0 fully saturated rings. The first-order chi connectivity index (χ1) is 10.7. The van der Waals surface area contributed by atoms with Crippen LogP contribution in [0.15, 0.2) is 46.9 Å². The summed E-state index contributed by atoms with van der Waals surface area (Å²) in [4.78, 5) is 12.1. The molecule has 0 bridgehead atoms. The highest BCUT2D eigenvalue weighted by Crippen LogP contribution is 2.25. The third-order valence-corrected chi connectivity index (χ3v) is 4.61. The molecule has 22 heavy (non-hydrogen) atoms. The van der Waals surface area contributed by atoms with Crippen LogP contribution < -0.4 is 4.74 Å². The van der Waals surface area contributed by atoms with E-state index in [-0.39, 0.29) is 5.78 Å².